The lowest BCUT2D eigenvalue weighted by atomic mass is 10.0. The van der Waals surface area contributed by atoms with Crippen LogP contribution in [-0.4, -0.2) is 18.0 Å². The Balaban J connectivity index is 3.09. The van der Waals surface area contributed by atoms with E-state index in [0.717, 1.165) is 12.1 Å². The summed E-state index contributed by atoms with van der Waals surface area (Å²) in [6, 6.07) is 3.27. The summed E-state index contributed by atoms with van der Waals surface area (Å²) >= 11 is 0. The first-order valence-electron chi connectivity index (χ1n) is 5.54. The minimum absolute atomic E-state index is 0.232. The van der Waals surface area contributed by atoms with Gasteiger partial charge in [-0.25, -0.2) is 0 Å². The van der Waals surface area contributed by atoms with Crippen molar-refractivity contribution in [3.63, 3.8) is 0 Å². The second kappa shape index (κ2) is 5.08. The van der Waals surface area contributed by atoms with Gasteiger partial charge in [0.2, 0.25) is 5.91 Å². The lowest BCUT2D eigenvalue weighted by Gasteiger charge is -2.20. The molecule has 7 heteroatoms. The third-order valence-electron chi connectivity index (χ3n) is 2.34. The van der Waals surface area contributed by atoms with Gasteiger partial charge in [0.05, 0.1) is 11.1 Å². The highest BCUT2D eigenvalue weighted by molar-refractivity contribution is 5.95. The maximum Gasteiger partial charge on any atom is 0.417 e. The van der Waals surface area contributed by atoms with E-state index in [0.29, 0.717) is 6.54 Å². The number of carbonyl (C=O) groups is 1. The molecule has 0 atom stereocenters. The number of anilines is 1. The standard InChI is InChI=1S/C12H16F3N3O/c1-11(2,17)6-18-7-3-4-8(10(16)19)9(5-7)12(13,14)15/h3-5,18H,6,17H2,1-2H3,(H2,16,19). The molecular weight excluding hydrogens is 259 g/mol. The van der Waals surface area contributed by atoms with Crippen molar-refractivity contribution in [3.8, 4) is 0 Å². The van der Waals surface area contributed by atoms with Crippen LogP contribution in [0.3, 0.4) is 0 Å². The van der Waals surface area contributed by atoms with Gasteiger partial charge >= 0.3 is 6.18 Å². The Bertz CT molecular complexity index is 478. The minimum atomic E-state index is -4.64. The highest BCUT2D eigenvalue weighted by Crippen LogP contribution is 2.33. The van der Waals surface area contributed by atoms with E-state index in [9.17, 15) is 18.0 Å². The number of nitrogens with one attached hydrogen (secondary N) is 1. The molecule has 1 amide bonds. The molecule has 0 saturated carbocycles. The van der Waals surface area contributed by atoms with Crippen molar-refractivity contribution in [2.24, 2.45) is 11.5 Å². The molecule has 0 radical (unpaired) electrons. The Morgan fingerprint density at radius 2 is 1.89 bits per heavy atom. The van der Waals surface area contributed by atoms with Gasteiger partial charge in [-0.05, 0) is 32.0 Å². The van der Waals surface area contributed by atoms with Crippen LogP contribution in [0.25, 0.3) is 0 Å². The molecule has 0 fully saturated rings. The van der Waals surface area contributed by atoms with Crippen molar-refractivity contribution in [2.75, 3.05) is 11.9 Å². The molecule has 106 valence electrons. The van der Waals surface area contributed by atoms with Crippen LogP contribution >= 0.6 is 0 Å². The van der Waals surface area contributed by atoms with Gasteiger partial charge in [-0.1, -0.05) is 0 Å². The second-order valence-corrected chi connectivity index (χ2v) is 4.96. The molecule has 0 unspecified atom stereocenters. The third kappa shape index (κ3) is 4.44. The number of rotatable bonds is 4. The summed E-state index contributed by atoms with van der Waals surface area (Å²) in [5.41, 5.74) is 8.71. The average molecular weight is 275 g/mol. The van der Waals surface area contributed by atoms with Gasteiger partial charge in [0, 0.05) is 17.8 Å². The molecule has 0 aliphatic heterocycles. The highest BCUT2D eigenvalue weighted by atomic mass is 19.4. The summed E-state index contributed by atoms with van der Waals surface area (Å²) in [6.45, 7) is 3.77. The predicted molar refractivity (Wildman–Crippen MR) is 66.7 cm³/mol. The van der Waals surface area contributed by atoms with E-state index in [2.05, 4.69) is 5.32 Å². The van der Waals surface area contributed by atoms with Crippen LogP contribution in [0.2, 0.25) is 0 Å². The lowest BCUT2D eigenvalue weighted by molar-refractivity contribution is -0.137. The summed E-state index contributed by atoms with van der Waals surface area (Å²) in [4.78, 5) is 11.0. The molecule has 0 spiro atoms. The first-order chi connectivity index (χ1) is 8.50. The average Bonchev–Trinajstić information content (AvgIpc) is 2.23. The highest BCUT2D eigenvalue weighted by Gasteiger charge is 2.35. The number of hydrogen-bond donors (Lipinski definition) is 3. The zero-order valence-electron chi connectivity index (χ0n) is 10.6. The van der Waals surface area contributed by atoms with Crippen molar-refractivity contribution in [3.05, 3.63) is 29.3 Å². The number of nitrogens with two attached hydrogens (primary N) is 2. The fourth-order valence-electron chi connectivity index (χ4n) is 1.43. The van der Waals surface area contributed by atoms with Crippen molar-refractivity contribution in [2.45, 2.75) is 25.6 Å². The number of benzene rings is 1. The minimum Gasteiger partial charge on any atom is -0.383 e. The van der Waals surface area contributed by atoms with Gasteiger partial charge in [0.15, 0.2) is 0 Å². The van der Waals surface area contributed by atoms with Crippen LogP contribution in [0.15, 0.2) is 18.2 Å². The molecule has 4 nitrogen and oxygen atoms in total. The zero-order chi connectivity index (χ0) is 14.8. The third-order valence-corrected chi connectivity index (χ3v) is 2.34. The largest absolute Gasteiger partial charge is 0.417 e. The molecule has 1 aromatic carbocycles. The van der Waals surface area contributed by atoms with E-state index < -0.39 is 28.7 Å². The van der Waals surface area contributed by atoms with Crippen LogP contribution in [-0.2, 0) is 6.18 Å². The molecule has 1 aromatic rings. The van der Waals surface area contributed by atoms with Crippen LogP contribution in [0.1, 0.15) is 29.8 Å². The first kappa shape index (κ1) is 15.3. The number of amides is 1. The van der Waals surface area contributed by atoms with E-state index in [1.54, 1.807) is 13.8 Å². The van der Waals surface area contributed by atoms with Gasteiger partial charge in [0.25, 0.3) is 0 Å². The normalized spacial score (nSPS) is 12.3. The lowest BCUT2D eigenvalue weighted by Crippen LogP contribution is -2.39. The van der Waals surface area contributed by atoms with Gasteiger partial charge < -0.3 is 16.8 Å². The molecule has 19 heavy (non-hydrogen) atoms. The van der Waals surface area contributed by atoms with E-state index in [-0.39, 0.29) is 5.69 Å². The second-order valence-electron chi connectivity index (χ2n) is 4.96. The van der Waals surface area contributed by atoms with Crippen LogP contribution < -0.4 is 16.8 Å². The van der Waals surface area contributed by atoms with E-state index in [1.165, 1.54) is 6.07 Å². The van der Waals surface area contributed by atoms with Crippen molar-refractivity contribution in [1.82, 2.24) is 0 Å². The fourth-order valence-corrected chi connectivity index (χ4v) is 1.43. The smallest absolute Gasteiger partial charge is 0.383 e. The molecule has 0 aliphatic carbocycles. The van der Waals surface area contributed by atoms with Crippen molar-refractivity contribution in [1.29, 1.82) is 0 Å². The van der Waals surface area contributed by atoms with Gasteiger partial charge in [-0.3, -0.25) is 4.79 Å². The van der Waals surface area contributed by atoms with Crippen molar-refractivity contribution < 1.29 is 18.0 Å². The summed E-state index contributed by atoms with van der Waals surface area (Å²) in [5, 5.41) is 2.79. The molecular formula is C12H16F3N3O. The summed E-state index contributed by atoms with van der Waals surface area (Å²) in [7, 11) is 0. The Morgan fingerprint density at radius 1 is 1.32 bits per heavy atom. The Labute approximate surface area is 109 Å². The number of primary amides is 1. The van der Waals surface area contributed by atoms with Gasteiger partial charge in [-0.2, -0.15) is 13.2 Å². The molecule has 0 bridgehead atoms. The number of carbonyl (C=O) groups excluding carboxylic acids is 1. The van der Waals surface area contributed by atoms with Crippen molar-refractivity contribution >= 4 is 11.6 Å². The zero-order valence-corrected chi connectivity index (χ0v) is 10.6. The maximum atomic E-state index is 12.8. The van der Waals surface area contributed by atoms with Gasteiger partial charge in [0.1, 0.15) is 0 Å². The Morgan fingerprint density at radius 3 is 2.32 bits per heavy atom. The maximum absolute atomic E-state index is 12.8. The summed E-state index contributed by atoms with van der Waals surface area (Å²) in [6.07, 6.45) is -4.64. The summed E-state index contributed by atoms with van der Waals surface area (Å²) in [5.74, 6) is -1.11. The molecule has 0 saturated heterocycles. The molecule has 0 aliphatic rings. The number of alkyl halides is 3. The van der Waals surface area contributed by atoms with Crippen LogP contribution in [0, 0.1) is 0 Å². The Hall–Kier alpha value is -1.76. The quantitative estimate of drug-likeness (QED) is 0.785. The molecule has 0 aromatic heterocycles. The van der Waals surface area contributed by atoms with Crippen LogP contribution in [0.4, 0.5) is 18.9 Å². The van der Waals surface area contributed by atoms with E-state index in [1.807, 2.05) is 0 Å². The topological polar surface area (TPSA) is 81.1 Å². The first-order valence-corrected chi connectivity index (χ1v) is 5.54. The predicted octanol–water partition coefficient (Wildman–Crippen LogP) is 1.95. The fraction of sp³-hybridized carbons (Fsp3) is 0.417. The Kier molecular flexibility index (Phi) is 4.09. The number of halogens is 3. The molecule has 0 heterocycles. The van der Waals surface area contributed by atoms with E-state index >= 15 is 0 Å². The SMILES string of the molecule is CC(C)(N)CNc1ccc(C(N)=O)c(C(F)(F)F)c1. The van der Waals surface area contributed by atoms with Crippen LogP contribution in [0.5, 0.6) is 0 Å². The summed E-state index contributed by atoms with van der Waals surface area (Å²) < 4.78 is 38.4. The monoisotopic (exact) mass is 275 g/mol. The molecule has 5 N–H and O–H groups in total. The van der Waals surface area contributed by atoms with E-state index in [4.69, 9.17) is 11.5 Å². The number of hydrogen-bond acceptors (Lipinski definition) is 3. The molecule has 1 rings (SSSR count). The van der Waals surface area contributed by atoms with Gasteiger partial charge in [-0.15, -0.1) is 0 Å².